The number of aromatic nitrogens is 3. The quantitative estimate of drug-likeness (QED) is 0.404. The van der Waals surface area contributed by atoms with Crippen molar-refractivity contribution < 1.29 is 26.9 Å². The van der Waals surface area contributed by atoms with Crippen LogP contribution in [-0.2, 0) is 27.9 Å². The summed E-state index contributed by atoms with van der Waals surface area (Å²) in [6.45, 7) is 3.41. The molecule has 1 fully saturated rings. The summed E-state index contributed by atoms with van der Waals surface area (Å²) in [5, 5.41) is 11.0. The lowest BCUT2D eigenvalue weighted by atomic mass is 9.91. The van der Waals surface area contributed by atoms with Crippen molar-refractivity contribution in [3.63, 3.8) is 0 Å². The molecule has 0 atom stereocenters. The number of nitrogens with zero attached hydrogens (tertiary/aromatic N) is 3. The molecular formula is C23H28FN5O5S. The number of sulfonamides is 1. The Balaban J connectivity index is 1.48. The lowest BCUT2D eigenvalue weighted by Crippen LogP contribution is -2.24. The van der Waals surface area contributed by atoms with E-state index in [0.29, 0.717) is 28.8 Å². The van der Waals surface area contributed by atoms with Gasteiger partial charge >= 0.3 is 0 Å². The van der Waals surface area contributed by atoms with E-state index in [0.717, 1.165) is 37.7 Å². The first-order valence-electron chi connectivity index (χ1n) is 11.3. The fourth-order valence-electron chi connectivity index (χ4n) is 4.31. The number of carbonyl (C=O) groups excluding carboxylic acids is 1. The van der Waals surface area contributed by atoms with Crippen molar-refractivity contribution in [2.45, 2.75) is 45.2 Å². The molecule has 0 saturated heterocycles. The Morgan fingerprint density at radius 3 is 2.77 bits per heavy atom. The molecule has 1 saturated carbocycles. The van der Waals surface area contributed by atoms with Crippen LogP contribution >= 0.6 is 0 Å². The molecule has 2 N–H and O–H groups in total. The minimum Gasteiger partial charge on any atom is -0.496 e. The van der Waals surface area contributed by atoms with Crippen molar-refractivity contribution in [1.82, 2.24) is 20.3 Å². The van der Waals surface area contributed by atoms with Gasteiger partial charge in [0, 0.05) is 18.3 Å². The number of anilines is 1. The summed E-state index contributed by atoms with van der Waals surface area (Å²) in [5.41, 5.74) is 1.83. The molecule has 3 aromatic rings. The summed E-state index contributed by atoms with van der Waals surface area (Å²) in [6, 6.07) is 3.49. The second-order valence-corrected chi connectivity index (χ2v) is 10.5. The van der Waals surface area contributed by atoms with Crippen LogP contribution in [0.2, 0.25) is 0 Å². The average Bonchev–Trinajstić information content (AvgIpc) is 3.43. The fourth-order valence-corrected chi connectivity index (χ4v) is 5.79. The highest BCUT2D eigenvalue weighted by molar-refractivity contribution is 7.92. The summed E-state index contributed by atoms with van der Waals surface area (Å²) >= 11 is 0. The fraction of sp³-hybridized carbons (Fsp3) is 0.435. The van der Waals surface area contributed by atoms with Crippen LogP contribution in [0.15, 0.2) is 41.5 Å². The Bertz CT molecular complexity index is 1330. The highest BCUT2D eigenvalue weighted by atomic mass is 32.2. The van der Waals surface area contributed by atoms with Crippen LogP contribution in [0, 0.1) is 5.92 Å². The van der Waals surface area contributed by atoms with Crippen LogP contribution in [-0.4, -0.2) is 42.1 Å². The first kappa shape index (κ1) is 24.7. The third-order valence-electron chi connectivity index (χ3n) is 5.98. The van der Waals surface area contributed by atoms with Crippen molar-refractivity contribution in [3.05, 3.63) is 48.1 Å². The second-order valence-electron chi connectivity index (χ2n) is 8.72. The number of hydrogen-bond donors (Lipinski definition) is 2. The van der Waals surface area contributed by atoms with Gasteiger partial charge in [0.2, 0.25) is 10.0 Å². The molecule has 2 aromatic heterocycles. The lowest BCUT2D eigenvalue weighted by Gasteiger charge is -2.21. The maximum Gasteiger partial charge on any atom is 0.279 e. The van der Waals surface area contributed by atoms with Gasteiger partial charge in [0.15, 0.2) is 17.2 Å². The third-order valence-corrected chi connectivity index (χ3v) is 7.40. The van der Waals surface area contributed by atoms with Crippen molar-refractivity contribution in [1.29, 1.82) is 0 Å². The highest BCUT2D eigenvalue weighted by Gasteiger charge is 2.24. The maximum absolute atomic E-state index is 12.8. The third kappa shape index (κ3) is 6.18. The largest absolute Gasteiger partial charge is 0.496 e. The molecule has 0 bridgehead atoms. The molecule has 188 valence electrons. The van der Waals surface area contributed by atoms with Gasteiger partial charge in [0.25, 0.3) is 5.91 Å². The van der Waals surface area contributed by atoms with Crippen molar-refractivity contribution in [2.75, 3.05) is 17.6 Å². The summed E-state index contributed by atoms with van der Waals surface area (Å²) in [6.07, 6.45) is 8.38. The number of benzene rings is 1. The molecule has 1 aliphatic carbocycles. The number of carbonyl (C=O) groups is 1. The molecule has 1 aromatic carbocycles. The highest BCUT2D eigenvalue weighted by Crippen LogP contribution is 2.35. The predicted octanol–water partition coefficient (Wildman–Crippen LogP) is 3.50. The standard InChI is InChI=1S/C23H28FN5O5S/c1-15(24)23(30)25-10-18-11-26-29(13-18)12-17-8-19(33-2)21-20(9-17)34-27-22(21)28-35(31,32)14-16-6-4-3-5-7-16/h8-9,11,13,16H,1,3-7,10,12,14H2,2H3,(H,25,30)(H,27,28). The minimum absolute atomic E-state index is 0.0588. The Labute approximate surface area is 202 Å². The molecule has 4 rings (SSSR count). The van der Waals surface area contributed by atoms with Gasteiger partial charge in [0.05, 0.1) is 25.6 Å². The van der Waals surface area contributed by atoms with Crippen LogP contribution in [0.25, 0.3) is 11.0 Å². The van der Waals surface area contributed by atoms with Gasteiger partial charge in [-0.25, -0.2) is 12.8 Å². The molecule has 12 heteroatoms. The van der Waals surface area contributed by atoms with Crippen LogP contribution in [0.3, 0.4) is 0 Å². The smallest absolute Gasteiger partial charge is 0.279 e. The van der Waals surface area contributed by atoms with Crippen LogP contribution in [0.1, 0.15) is 43.2 Å². The maximum atomic E-state index is 12.8. The molecule has 0 radical (unpaired) electrons. The van der Waals surface area contributed by atoms with Gasteiger partial charge < -0.3 is 14.6 Å². The Hall–Kier alpha value is -3.41. The van der Waals surface area contributed by atoms with E-state index in [1.165, 1.54) is 7.11 Å². The molecule has 1 aliphatic rings. The van der Waals surface area contributed by atoms with Crippen molar-refractivity contribution in [3.8, 4) is 5.75 Å². The summed E-state index contributed by atoms with van der Waals surface area (Å²) in [4.78, 5) is 11.3. The zero-order chi connectivity index (χ0) is 25.0. The topological polar surface area (TPSA) is 128 Å². The van der Waals surface area contributed by atoms with Crippen molar-refractivity contribution in [2.24, 2.45) is 5.92 Å². The van der Waals surface area contributed by atoms with Gasteiger partial charge in [0.1, 0.15) is 11.1 Å². The van der Waals surface area contributed by atoms with Gasteiger partial charge in [-0.05, 0) is 36.5 Å². The van der Waals surface area contributed by atoms with E-state index in [2.05, 4.69) is 26.9 Å². The van der Waals surface area contributed by atoms with E-state index in [-0.39, 0.29) is 24.0 Å². The Morgan fingerprint density at radius 2 is 2.06 bits per heavy atom. The van der Waals surface area contributed by atoms with E-state index in [4.69, 9.17) is 9.26 Å². The van der Waals surface area contributed by atoms with E-state index < -0.39 is 21.8 Å². The Morgan fingerprint density at radius 1 is 1.29 bits per heavy atom. The average molecular weight is 506 g/mol. The van der Waals surface area contributed by atoms with E-state index in [9.17, 15) is 17.6 Å². The van der Waals surface area contributed by atoms with Crippen molar-refractivity contribution >= 4 is 32.7 Å². The molecule has 35 heavy (non-hydrogen) atoms. The molecule has 10 nitrogen and oxygen atoms in total. The summed E-state index contributed by atoms with van der Waals surface area (Å²) in [5.74, 6) is -1.20. The molecule has 1 amide bonds. The van der Waals surface area contributed by atoms with Gasteiger partial charge in [-0.2, -0.15) is 5.10 Å². The van der Waals surface area contributed by atoms with Crippen LogP contribution in [0.4, 0.5) is 10.2 Å². The summed E-state index contributed by atoms with van der Waals surface area (Å²) in [7, 11) is -2.11. The number of ether oxygens (including phenoxy) is 1. The van der Waals surface area contributed by atoms with E-state index >= 15 is 0 Å². The molecular weight excluding hydrogens is 477 g/mol. The molecule has 0 spiro atoms. The zero-order valence-corrected chi connectivity index (χ0v) is 20.2. The molecule has 0 aliphatic heterocycles. The molecule has 2 heterocycles. The van der Waals surface area contributed by atoms with Gasteiger partial charge in [-0.15, -0.1) is 0 Å². The lowest BCUT2D eigenvalue weighted by molar-refractivity contribution is -0.119. The van der Waals surface area contributed by atoms with Crippen LogP contribution < -0.4 is 14.8 Å². The first-order chi connectivity index (χ1) is 16.7. The number of amides is 1. The number of hydrogen-bond acceptors (Lipinski definition) is 7. The zero-order valence-electron chi connectivity index (χ0n) is 19.4. The minimum atomic E-state index is -3.59. The van der Waals surface area contributed by atoms with Gasteiger partial charge in [-0.1, -0.05) is 31.0 Å². The van der Waals surface area contributed by atoms with E-state index in [1.54, 1.807) is 29.2 Å². The second kappa shape index (κ2) is 10.5. The number of methoxy groups -OCH3 is 1. The number of fused-ring (bicyclic) bond motifs is 1. The first-order valence-corrected chi connectivity index (χ1v) is 13.0. The van der Waals surface area contributed by atoms with Crippen LogP contribution in [0.5, 0.6) is 5.75 Å². The Kier molecular flexibility index (Phi) is 7.39. The molecule has 0 unspecified atom stereocenters. The predicted molar refractivity (Wildman–Crippen MR) is 128 cm³/mol. The van der Waals surface area contributed by atoms with E-state index in [1.807, 2.05) is 0 Å². The van der Waals surface area contributed by atoms with Gasteiger partial charge in [-0.3, -0.25) is 14.2 Å². The monoisotopic (exact) mass is 505 g/mol. The number of halogens is 1. The number of nitrogens with one attached hydrogen (secondary N) is 2. The number of rotatable bonds is 10. The summed E-state index contributed by atoms with van der Waals surface area (Å²) < 4.78 is 53.4. The SMILES string of the molecule is C=C(F)C(=O)NCc1cnn(Cc2cc(OC)c3c(NS(=O)(=O)CC4CCCCC4)noc3c2)c1. The normalized spacial score (nSPS) is 14.7.